The topological polar surface area (TPSA) is 43.1 Å². The highest BCUT2D eigenvalue weighted by molar-refractivity contribution is 5.64. The van der Waals surface area contributed by atoms with Crippen LogP contribution in [0.1, 0.15) is 30.5 Å². The lowest BCUT2D eigenvalue weighted by Crippen LogP contribution is -2.30. The van der Waals surface area contributed by atoms with Crippen molar-refractivity contribution in [2.24, 2.45) is 0 Å². The second-order valence-electron chi connectivity index (χ2n) is 4.42. The van der Waals surface area contributed by atoms with Crippen LogP contribution in [-0.2, 0) is 0 Å². The third kappa shape index (κ3) is 1.67. The molecule has 2 rings (SSSR count). The van der Waals surface area contributed by atoms with Crippen LogP contribution in [-0.4, -0.2) is 4.98 Å². The summed E-state index contributed by atoms with van der Waals surface area (Å²) in [5.41, 5.74) is 3.80. The Kier molecular flexibility index (Phi) is 3.07. The van der Waals surface area contributed by atoms with Crippen LogP contribution < -0.4 is 16.2 Å². The number of aromatic nitrogens is 1. The average Bonchev–Trinajstić information content (AvgIpc) is 2.41. The molecule has 0 bridgehead atoms. The molecule has 1 heterocycles. The number of hydrogen-bond acceptors (Lipinski definition) is 3. The molecule has 0 unspecified atom stereocenters. The molecule has 3 nitrogen and oxygen atoms in total. The minimum absolute atomic E-state index is 0.0424. The van der Waals surface area contributed by atoms with Gasteiger partial charge < -0.3 is 4.42 Å². The van der Waals surface area contributed by atoms with Crippen molar-refractivity contribution in [2.75, 3.05) is 0 Å². The normalized spacial score (nSPS) is 13.6. The molecule has 1 aliphatic heterocycles. The molecule has 0 saturated heterocycles. The van der Waals surface area contributed by atoms with E-state index in [1.54, 1.807) is 6.92 Å². The van der Waals surface area contributed by atoms with Gasteiger partial charge in [-0.2, -0.15) is 0 Å². The molecule has 0 aromatic rings. The number of nitrogens with zero attached hydrogens (tertiary/aromatic N) is 1. The van der Waals surface area contributed by atoms with Gasteiger partial charge >= 0.3 is 0 Å². The van der Waals surface area contributed by atoms with E-state index in [9.17, 15) is 4.79 Å². The first-order chi connectivity index (χ1) is 8.51. The largest absolute Gasteiger partial charge is 0.453 e. The highest BCUT2D eigenvalue weighted by atomic mass is 16.3. The Morgan fingerprint density at radius 3 is 2.22 bits per heavy atom. The number of rotatable bonds is 0. The maximum absolute atomic E-state index is 12.1. The van der Waals surface area contributed by atoms with Crippen LogP contribution in [0.25, 0.3) is 23.6 Å². The molecule has 2 aliphatic rings. The van der Waals surface area contributed by atoms with E-state index in [2.05, 4.69) is 4.98 Å². The van der Waals surface area contributed by atoms with Crippen molar-refractivity contribution in [1.29, 1.82) is 0 Å². The Hall–Kier alpha value is -1.90. The van der Waals surface area contributed by atoms with Gasteiger partial charge in [-0.3, -0.25) is 4.79 Å². The summed E-state index contributed by atoms with van der Waals surface area (Å²) in [5, 5.41) is 0.811. The zero-order chi connectivity index (χ0) is 13.4. The zero-order valence-electron chi connectivity index (χ0n) is 11.4. The van der Waals surface area contributed by atoms with Gasteiger partial charge in [0.2, 0.25) is 0 Å². The fourth-order valence-corrected chi connectivity index (χ4v) is 2.09. The average molecular weight is 243 g/mol. The maximum atomic E-state index is 12.1. The predicted octanol–water partition coefficient (Wildman–Crippen LogP) is 1.67. The first kappa shape index (κ1) is 12.6. The Labute approximate surface area is 106 Å². The SMILES string of the molecule is C/C=c1/nc2c(C)c(C)c(=O)c(C)c-2o/c1=C/C. The summed E-state index contributed by atoms with van der Waals surface area (Å²) >= 11 is 0. The van der Waals surface area contributed by atoms with E-state index >= 15 is 0 Å². The molecular weight excluding hydrogens is 226 g/mol. The van der Waals surface area contributed by atoms with Gasteiger partial charge in [-0.15, -0.1) is 0 Å². The summed E-state index contributed by atoms with van der Waals surface area (Å²) in [7, 11) is 0. The van der Waals surface area contributed by atoms with E-state index in [4.69, 9.17) is 4.42 Å². The van der Waals surface area contributed by atoms with Gasteiger partial charge in [0.1, 0.15) is 16.5 Å². The molecule has 0 saturated carbocycles. The van der Waals surface area contributed by atoms with Gasteiger partial charge in [-0.05, 0) is 46.3 Å². The molecule has 0 atom stereocenters. The number of benzene rings is 1. The van der Waals surface area contributed by atoms with Crippen molar-refractivity contribution in [3.63, 3.8) is 0 Å². The molecule has 0 aromatic heterocycles. The van der Waals surface area contributed by atoms with Gasteiger partial charge in [-0.1, -0.05) is 6.08 Å². The molecule has 1 aliphatic carbocycles. The lowest BCUT2D eigenvalue weighted by atomic mass is 9.99. The summed E-state index contributed by atoms with van der Waals surface area (Å²) in [6, 6.07) is 0. The van der Waals surface area contributed by atoms with Crippen molar-refractivity contribution < 1.29 is 4.42 Å². The fraction of sp³-hybridized carbons (Fsp3) is 0.333. The van der Waals surface area contributed by atoms with Gasteiger partial charge in [0.25, 0.3) is 0 Å². The van der Waals surface area contributed by atoms with Gasteiger partial charge in [0.15, 0.2) is 11.2 Å². The highest BCUT2D eigenvalue weighted by Gasteiger charge is 2.18. The van der Waals surface area contributed by atoms with E-state index in [0.29, 0.717) is 16.7 Å². The van der Waals surface area contributed by atoms with Crippen molar-refractivity contribution >= 4 is 12.2 Å². The van der Waals surface area contributed by atoms with E-state index in [1.807, 2.05) is 39.8 Å². The summed E-state index contributed by atoms with van der Waals surface area (Å²) in [4.78, 5) is 16.7. The van der Waals surface area contributed by atoms with Gasteiger partial charge in [0.05, 0.1) is 0 Å². The standard InChI is InChI=1S/C15H17NO2/c1-6-11-12(7-2)18-15-10(5)14(17)9(4)8(3)13(15)16-11/h6-7H,1-5H3/b11-6+,12-7+. The zero-order valence-corrected chi connectivity index (χ0v) is 11.4. The monoisotopic (exact) mass is 243 g/mol. The molecule has 18 heavy (non-hydrogen) atoms. The number of fused-ring (bicyclic) bond motifs is 1. The minimum atomic E-state index is 0.0424. The van der Waals surface area contributed by atoms with Crippen molar-refractivity contribution in [3.05, 3.63) is 37.7 Å². The molecule has 0 amide bonds. The first-order valence-electron chi connectivity index (χ1n) is 6.04. The highest BCUT2D eigenvalue weighted by Crippen LogP contribution is 2.23. The third-order valence-electron chi connectivity index (χ3n) is 3.39. The lowest BCUT2D eigenvalue weighted by Gasteiger charge is -2.12. The summed E-state index contributed by atoms with van der Waals surface area (Å²) in [6.45, 7) is 9.36. The summed E-state index contributed by atoms with van der Waals surface area (Å²) in [5.74, 6) is 0.599. The lowest BCUT2D eigenvalue weighted by molar-refractivity contribution is 0.509. The first-order valence-corrected chi connectivity index (χ1v) is 6.04. The Balaban J connectivity index is 3.14. The minimum Gasteiger partial charge on any atom is -0.453 e. The van der Waals surface area contributed by atoms with Crippen LogP contribution in [0.3, 0.4) is 0 Å². The number of hydrogen-bond donors (Lipinski definition) is 0. The molecular formula is C15H17NO2. The molecule has 0 fully saturated rings. The van der Waals surface area contributed by atoms with E-state index < -0.39 is 0 Å². The van der Waals surface area contributed by atoms with E-state index in [0.717, 1.165) is 22.2 Å². The van der Waals surface area contributed by atoms with Crippen molar-refractivity contribution in [2.45, 2.75) is 34.6 Å². The van der Waals surface area contributed by atoms with Gasteiger partial charge in [0, 0.05) is 11.1 Å². The van der Waals surface area contributed by atoms with Crippen molar-refractivity contribution in [3.8, 4) is 11.5 Å². The molecule has 0 spiro atoms. The Bertz CT molecular complexity index is 754. The van der Waals surface area contributed by atoms with Gasteiger partial charge in [-0.25, -0.2) is 4.98 Å². The van der Waals surface area contributed by atoms with Crippen molar-refractivity contribution in [1.82, 2.24) is 4.98 Å². The smallest absolute Gasteiger partial charge is 0.188 e. The second kappa shape index (κ2) is 4.41. The van der Waals surface area contributed by atoms with Crippen LogP contribution in [0, 0.1) is 20.8 Å². The summed E-state index contributed by atoms with van der Waals surface area (Å²) in [6.07, 6.45) is 3.77. The van der Waals surface area contributed by atoms with Crippen LogP contribution >= 0.6 is 0 Å². The molecule has 0 radical (unpaired) electrons. The Morgan fingerprint density at radius 1 is 1.00 bits per heavy atom. The van der Waals surface area contributed by atoms with Crippen LogP contribution in [0.2, 0.25) is 0 Å². The molecule has 0 aromatic carbocycles. The molecule has 3 heteroatoms. The second-order valence-corrected chi connectivity index (χ2v) is 4.42. The maximum Gasteiger partial charge on any atom is 0.188 e. The van der Waals surface area contributed by atoms with Crippen LogP contribution in [0.5, 0.6) is 0 Å². The summed E-state index contributed by atoms with van der Waals surface area (Å²) < 4.78 is 5.83. The quantitative estimate of drug-likeness (QED) is 0.707. The predicted molar refractivity (Wildman–Crippen MR) is 73.1 cm³/mol. The van der Waals surface area contributed by atoms with Crippen LogP contribution in [0.15, 0.2) is 9.21 Å². The molecule has 0 N–H and O–H groups in total. The van der Waals surface area contributed by atoms with E-state index in [1.165, 1.54) is 0 Å². The third-order valence-corrected chi connectivity index (χ3v) is 3.39. The van der Waals surface area contributed by atoms with E-state index in [-0.39, 0.29) is 5.43 Å². The fourth-order valence-electron chi connectivity index (χ4n) is 2.09. The van der Waals surface area contributed by atoms with Crippen LogP contribution in [0.4, 0.5) is 0 Å². The molecule has 94 valence electrons. The Morgan fingerprint density at radius 2 is 1.67 bits per heavy atom.